The Labute approximate surface area is 103 Å². The van der Waals surface area contributed by atoms with Crippen LogP contribution in [-0.4, -0.2) is 46.2 Å². The summed E-state index contributed by atoms with van der Waals surface area (Å²) in [6, 6.07) is 0. The van der Waals surface area contributed by atoms with Crippen molar-refractivity contribution in [2.45, 2.75) is 19.3 Å². The summed E-state index contributed by atoms with van der Waals surface area (Å²) in [5, 5.41) is 11.1. The van der Waals surface area contributed by atoms with Crippen molar-refractivity contribution in [3.05, 3.63) is 12.2 Å². The van der Waals surface area contributed by atoms with Crippen LogP contribution in [0.25, 0.3) is 0 Å². The number of carbonyl (C=O) groups excluding carboxylic acids is 1. The molecule has 0 spiro atoms. The predicted octanol–water partition coefficient (Wildman–Crippen LogP) is 1.14. The van der Waals surface area contributed by atoms with E-state index in [-0.39, 0.29) is 29.6 Å². The number of ether oxygens (including phenoxy) is 1. The van der Waals surface area contributed by atoms with Crippen molar-refractivity contribution < 1.29 is 24.2 Å². The Kier molecular flexibility index (Phi) is 11.0. The molecule has 0 heterocycles. The van der Waals surface area contributed by atoms with Gasteiger partial charge in [0, 0.05) is 35.1 Å². The number of hydrogen-bond donors (Lipinski definition) is 1. The number of rotatable bonds is 5. The maximum atomic E-state index is 10.8. The van der Waals surface area contributed by atoms with E-state index in [4.69, 9.17) is 9.99 Å². The molecule has 0 aromatic carbocycles. The normalized spacial score (nSPS) is 11.3. The van der Waals surface area contributed by atoms with Crippen LogP contribution in [0.3, 0.4) is 0 Å². The van der Waals surface area contributed by atoms with E-state index in [0.717, 1.165) is 0 Å². The van der Waals surface area contributed by atoms with E-state index in [2.05, 4.69) is 16.0 Å². The summed E-state index contributed by atoms with van der Waals surface area (Å²) < 4.78 is 8.76. The Bertz CT molecular complexity index is 174. The van der Waals surface area contributed by atoms with E-state index >= 15 is 0 Å². The monoisotopic (exact) mass is 217 g/mol. The number of esters is 1. The fourth-order valence-electron chi connectivity index (χ4n) is 0.344. The van der Waals surface area contributed by atoms with Crippen molar-refractivity contribution in [1.29, 1.82) is 0 Å². The van der Waals surface area contributed by atoms with Crippen LogP contribution in [0.2, 0.25) is 0 Å². The van der Waals surface area contributed by atoms with Crippen molar-refractivity contribution in [1.82, 2.24) is 0 Å². The minimum atomic E-state index is -0.568. The molecule has 0 aromatic heterocycles. The molecule has 0 rings (SSSR count). The molecule has 0 saturated carbocycles. The SMILES string of the molecule is C=C(C)C(=O)OC(C)SOOO.[Na]. The van der Waals surface area contributed by atoms with Gasteiger partial charge in [-0.25, -0.2) is 10.1 Å². The van der Waals surface area contributed by atoms with Crippen LogP contribution in [0.15, 0.2) is 12.2 Å². The molecule has 7 heteroatoms. The van der Waals surface area contributed by atoms with E-state index in [1.54, 1.807) is 6.92 Å². The van der Waals surface area contributed by atoms with Gasteiger partial charge < -0.3 is 4.74 Å². The molecule has 1 unspecified atom stereocenters. The van der Waals surface area contributed by atoms with Crippen LogP contribution in [0.4, 0.5) is 0 Å². The van der Waals surface area contributed by atoms with Crippen molar-refractivity contribution in [3.8, 4) is 0 Å². The van der Waals surface area contributed by atoms with Gasteiger partial charge in [0.1, 0.15) is 0 Å². The number of hydrogen-bond acceptors (Lipinski definition) is 6. The van der Waals surface area contributed by atoms with Gasteiger partial charge in [0.15, 0.2) is 5.44 Å². The van der Waals surface area contributed by atoms with Gasteiger partial charge in [0.2, 0.25) is 0 Å². The summed E-state index contributed by atoms with van der Waals surface area (Å²) in [6.45, 7) is 6.47. The third-order valence-electron chi connectivity index (χ3n) is 0.827. The van der Waals surface area contributed by atoms with Crippen molar-refractivity contribution >= 4 is 47.6 Å². The Morgan fingerprint density at radius 3 is 2.54 bits per heavy atom. The van der Waals surface area contributed by atoms with Crippen molar-refractivity contribution in [2.75, 3.05) is 0 Å². The summed E-state index contributed by atoms with van der Waals surface area (Å²) in [5.41, 5.74) is -0.270. The van der Waals surface area contributed by atoms with E-state index in [9.17, 15) is 4.79 Å². The molecule has 0 fully saturated rings. The molecule has 0 aliphatic heterocycles. The second kappa shape index (κ2) is 9.01. The zero-order valence-corrected chi connectivity index (χ0v) is 10.6. The fourth-order valence-corrected chi connectivity index (χ4v) is 0.616. The first-order chi connectivity index (χ1) is 5.57. The van der Waals surface area contributed by atoms with Crippen LogP contribution in [0, 0.1) is 0 Å². The Hall–Kier alpha value is 0.440. The third-order valence-corrected chi connectivity index (χ3v) is 1.33. The smallest absolute Gasteiger partial charge is 0.334 e. The first kappa shape index (κ1) is 15.9. The molecule has 71 valence electrons. The van der Waals surface area contributed by atoms with Gasteiger partial charge in [-0.3, -0.25) is 0 Å². The molecule has 0 amide bonds. The van der Waals surface area contributed by atoms with Gasteiger partial charge in [-0.05, 0) is 13.8 Å². The summed E-state index contributed by atoms with van der Waals surface area (Å²) >= 11 is 0.666. The Morgan fingerprint density at radius 2 is 2.15 bits per heavy atom. The van der Waals surface area contributed by atoms with Gasteiger partial charge in [0.05, 0.1) is 12.0 Å². The summed E-state index contributed by atoms with van der Waals surface area (Å²) in [6.07, 6.45) is 0. The molecule has 0 bridgehead atoms. The molecule has 0 aromatic rings. The van der Waals surface area contributed by atoms with Gasteiger partial charge in [0.25, 0.3) is 0 Å². The molecule has 0 aliphatic carbocycles. The third kappa shape index (κ3) is 8.76. The maximum absolute atomic E-state index is 10.8. The summed E-state index contributed by atoms with van der Waals surface area (Å²) in [4.78, 5) is 10.8. The summed E-state index contributed by atoms with van der Waals surface area (Å²) in [7, 11) is 0. The Balaban J connectivity index is 0. The van der Waals surface area contributed by atoms with Crippen molar-refractivity contribution in [2.24, 2.45) is 0 Å². The quantitative estimate of drug-likeness (QED) is 0.142. The van der Waals surface area contributed by atoms with Crippen LogP contribution >= 0.6 is 12.0 Å². The zero-order chi connectivity index (χ0) is 9.56. The first-order valence-corrected chi connectivity index (χ1v) is 3.88. The fraction of sp³-hybridized carbons (Fsp3) is 0.500. The van der Waals surface area contributed by atoms with Crippen LogP contribution in [0.1, 0.15) is 13.8 Å². The molecule has 1 radical (unpaired) electrons. The molecule has 1 N–H and O–H groups in total. The molecule has 13 heavy (non-hydrogen) atoms. The van der Waals surface area contributed by atoms with E-state index in [1.807, 2.05) is 0 Å². The zero-order valence-electron chi connectivity index (χ0n) is 7.77. The van der Waals surface area contributed by atoms with Crippen molar-refractivity contribution in [3.63, 3.8) is 0 Å². The molecular weight excluding hydrogens is 207 g/mol. The van der Waals surface area contributed by atoms with Gasteiger partial charge in [-0.2, -0.15) is 0 Å². The first-order valence-electron chi connectivity index (χ1n) is 3.08. The van der Waals surface area contributed by atoms with Gasteiger partial charge >= 0.3 is 5.97 Å². The molecule has 1 atom stereocenters. The predicted molar refractivity (Wildman–Crippen MR) is 48.5 cm³/mol. The van der Waals surface area contributed by atoms with E-state index in [1.165, 1.54) is 6.92 Å². The minimum Gasteiger partial charge on any atom is -0.446 e. The average Bonchev–Trinajstić information content (AvgIpc) is 2.00. The van der Waals surface area contributed by atoms with E-state index < -0.39 is 11.4 Å². The molecule has 5 nitrogen and oxygen atoms in total. The standard InChI is InChI=1S/C6H10O5S.Na/c1-4(2)6(7)9-5(3)12-11-10-8;/h5,8H,1H2,2-3H3;. The van der Waals surface area contributed by atoms with Gasteiger partial charge in [-0.1, -0.05) is 11.6 Å². The minimum absolute atomic E-state index is 0. The maximum Gasteiger partial charge on any atom is 0.334 e. The van der Waals surface area contributed by atoms with E-state index in [0.29, 0.717) is 17.6 Å². The molecule has 0 saturated heterocycles. The largest absolute Gasteiger partial charge is 0.446 e. The van der Waals surface area contributed by atoms with Crippen LogP contribution < -0.4 is 0 Å². The summed E-state index contributed by atoms with van der Waals surface area (Å²) in [5.74, 6) is -0.517. The second-order valence-corrected chi connectivity index (χ2v) is 2.98. The molecule has 0 aliphatic rings. The van der Waals surface area contributed by atoms with Crippen LogP contribution in [0.5, 0.6) is 0 Å². The topological polar surface area (TPSA) is 65.0 Å². The number of carbonyl (C=O) groups is 1. The van der Waals surface area contributed by atoms with Crippen LogP contribution in [-0.2, 0) is 18.9 Å². The average molecular weight is 217 g/mol. The second-order valence-electron chi connectivity index (χ2n) is 1.99. The molecular formula is C6H10NaO5S. The van der Waals surface area contributed by atoms with Gasteiger partial charge in [-0.15, -0.1) is 4.33 Å². The Morgan fingerprint density at radius 1 is 1.62 bits per heavy atom.